The number of carbonyl (C=O) groups excluding carboxylic acids is 2. The highest BCUT2D eigenvalue weighted by Gasteiger charge is 2.52. The SMILES string of the molecule is O=C1NC2(CCSC2)C(=O)N1Cc1ccc(OC(F)(F)F)cc1. The third-order valence-corrected chi connectivity index (χ3v) is 4.95. The summed E-state index contributed by atoms with van der Waals surface area (Å²) in [5.41, 5.74) is -0.271. The van der Waals surface area contributed by atoms with Gasteiger partial charge in [0.2, 0.25) is 0 Å². The largest absolute Gasteiger partial charge is 0.573 e. The minimum absolute atomic E-state index is 0.0172. The summed E-state index contributed by atoms with van der Waals surface area (Å²) in [7, 11) is 0. The summed E-state index contributed by atoms with van der Waals surface area (Å²) in [6.45, 7) is 0.0172. The van der Waals surface area contributed by atoms with E-state index in [0.717, 1.165) is 22.8 Å². The van der Waals surface area contributed by atoms with Crippen LogP contribution in [0.5, 0.6) is 5.75 Å². The highest BCUT2D eigenvalue weighted by atomic mass is 32.2. The van der Waals surface area contributed by atoms with Gasteiger partial charge in [-0.25, -0.2) is 4.79 Å². The summed E-state index contributed by atoms with van der Waals surface area (Å²) in [5.74, 6) is 0.737. The Morgan fingerprint density at radius 2 is 1.96 bits per heavy atom. The van der Waals surface area contributed by atoms with Gasteiger partial charge in [0.15, 0.2) is 0 Å². The van der Waals surface area contributed by atoms with Gasteiger partial charge in [0.25, 0.3) is 5.91 Å². The highest BCUT2D eigenvalue weighted by molar-refractivity contribution is 7.99. The molecule has 2 aliphatic heterocycles. The van der Waals surface area contributed by atoms with Gasteiger partial charge in [-0.3, -0.25) is 9.69 Å². The summed E-state index contributed by atoms with van der Waals surface area (Å²) >= 11 is 1.61. The van der Waals surface area contributed by atoms with Gasteiger partial charge in [0.05, 0.1) is 6.54 Å². The topological polar surface area (TPSA) is 58.6 Å². The first-order chi connectivity index (χ1) is 10.8. The van der Waals surface area contributed by atoms with Crippen molar-refractivity contribution in [3.63, 3.8) is 0 Å². The Morgan fingerprint density at radius 1 is 1.26 bits per heavy atom. The minimum Gasteiger partial charge on any atom is -0.406 e. The predicted octanol–water partition coefficient (Wildman–Crippen LogP) is 2.51. The Labute approximate surface area is 134 Å². The van der Waals surface area contributed by atoms with Gasteiger partial charge >= 0.3 is 12.4 Å². The second kappa shape index (κ2) is 5.63. The van der Waals surface area contributed by atoms with Crippen LogP contribution in [0.15, 0.2) is 24.3 Å². The zero-order valence-electron chi connectivity index (χ0n) is 11.9. The van der Waals surface area contributed by atoms with E-state index in [1.165, 1.54) is 12.1 Å². The maximum absolute atomic E-state index is 12.5. The first-order valence-corrected chi connectivity index (χ1v) is 8.01. The molecule has 23 heavy (non-hydrogen) atoms. The number of hydrogen-bond donors (Lipinski definition) is 1. The lowest BCUT2D eigenvalue weighted by Gasteiger charge is -2.19. The maximum atomic E-state index is 12.5. The van der Waals surface area contributed by atoms with Crippen LogP contribution in [0.4, 0.5) is 18.0 Å². The van der Waals surface area contributed by atoms with Crippen molar-refractivity contribution in [2.24, 2.45) is 0 Å². The molecule has 0 aliphatic carbocycles. The van der Waals surface area contributed by atoms with Crippen LogP contribution in [0, 0.1) is 0 Å². The molecule has 2 fully saturated rings. The number of hydrogen-bond acceptors (Lipinski definition) is 4. The second-order valence-electron chi connectivity index (χ2n) is 5.40. The number of halogens is 3. The van der Waals surface area contributed by atoms with Crippen LogP contribution in [0.25, 0.3) is 0 Å². The maximum Gasteiger partial charge on any atom is 0.573 e. The summed E-state index contributed by atoms with van der Waals surface area (Å²) < 4.78 is 40.1. The van der Waals surface area contributed by atoms with Crippen molar-refractivity contribution in [2.45, 2.75) is 24.9 Å². The normalized spacial score (nSPS) is 24.4. The molecule has 1 spiro atoms. The highest BCUT2D eigenvalue weighted by Crippen LogP contribution is 2.34. The summed E-state index contributed by atoms with van der Waals surface area (Å²) in [6, 6.07) is 4.64. The molecule has 0 radical (unpaired) electrons. The minimum atomic E-state index is -4.75. The summed E-state index contributed by atoms with van der Waals surface area (Å²) in [5, 5.41) is 2.73. The van der Waals surface area contributed by atoms with Crippen molar-refractivity contribution < 1.29 is 27.5 Å². The van der Waals surface area contributed by atoms with Gasteiger partial charge in [-0.05, 0) is 29.9 Å². The molecular weight excluding hydrogens is 333 g/mol. The smallest absolute Gasteiger partial charge is 0.406 e. The third-order valence-electron chi connectivity index (χ3n) is 3.77. The number of benzene rings is 1. The zero-order chi connectivity index (χ0) is 16.7. The molecule has 5 nitrogen and oxygen atoms in total. The lowest BCUT2D eigenvalue weighted by Crippen LogP contribution is -2.46. The molecule has 2 heterocycles. The Balaban J connectivity index is 1.70. The Bertz CT molecular complexity index is 627. The standard InChI is InChI=1S/C14H13F3N2O3S/c15-14(16,17)22-10-3-1-9(2-4-10)7-19-11(20)13(18-12(19)21)5-6-23-8-13/h1-4H,5-8H2,(H,18,21). The lowest BCUT2D eigenvalue weighted by molar-refractivity contribution is -0.274. The van der Waals surface area contributed by atoms with E-state index in [0.29, 0.717) is 17.7 Å². The molecule has 0 aromatic heterocycles. The number of urea groups is 1. The molecule has 3 amide bonds. The number of nitrogens with zero attached hydrogens (tertiary/aromatic N) is 1. The number of nitrogens with one attached hydrogen (secondary N) is 1. The summed E-state index contributed by atoms with van der Waals surface area (Å²) in [6.07, 6.45) is -4.16. The number of rotatable bonds is 3. The number of thioether (sulfide) groups is 1. The van der Waals surface area contributed by atoms with Gasteiger partial charge in [0, 0.05) is 5.75 Å². The second-order valence-corrected chi connectivity index (χ2v) is 6.50. The molecule has 0 saturated carbocycles. The van der Waals surface area contributed by atoms with Crippen molar-refractivity contribution in [3.05, 3.63) is 29.8 Å². The van der Waals surface area contributed by atoms with Crippen molar-refractivity contribution in [1.29, 1.82) is 0 Å². The number of imide groups is 1. The van der Waals surface area contributed by atoms with Crippen LogP contribution >= 0.6 is 11.8 Å². The van der Waals surface area contributed by atoms with Crippen molar-refractivity contribution in [2.75, 3.05) is 11.5 Å². The predicted molar refractivity (Wildman–Crippen MR) is 76.9 cm³/mol. The van der Waals surface area contributed by atoms with E-state index < -0.39 is 17.9 Å². The van der Waals surface area contributed by atoms with E-state index in [-0.39, 0.29) is 18.2 Å². The lowest BCUT2D eigenvalue weighted by atomic mass is 9.99. The molecule has 1 atom stereocenters. The van der Waals surface area contributed by atoms with Crippen LogP contribution in [-0.2, 0) is 11.3 Å². The fourth-order valence-electron chi connectivity index (χ4n) is 2.63. The monoisotopic (exact) mass is 346 g/mol. The first kappa shape index (κ1) is 16.0. The Morgan fingerprint density at radius 3 is 2.52 bits per heavy atom. The quantitative estimate of drug-likeness (QED) is 0.855. The number of alkyl halides is 3. The van der Waals surface area contributed by atoms with Crippen LogP contribution < -0.4 is 10.1 Å². The van der Waals surface area contributed by atoms with Gasteiger partial charge in [-0.15, -0.1) is 13.2 Å². The molecule has 1 aromatic rings. The van der Waals surface area contributed by atoms with Crippen molar-refractivity contribution >= 4 is 23.7 Å². The van der Waals surface area contributed by atoms with Gasteiger partial charge in [0.1, 0.15) is 11.3 Å². The molecule has 2 aliphatic rings. The number of ether oxygens (including phenoxy) is 1. The fourth-order valence-corrected chi connectivity index (χ4v) is 3.96. The van der Waals surface area contributed by atoms with Crippen LogP contribution in [0.3, 0.4) is 0 Å². The third kappa shape index (κ3) is 3.24. The molecule has 124 valence electrons. The van der Waals surface area contributed by atoms with E-state index in [2.05, 4.69) is 10.1 Å². The molecule has 3 rings (SSSR count). The Kier molecular flexibility index (Phi) is 3.91. The zero-order valence-corrected chi connectivity index (χ0v) is 12.7. The van der Waals surface area contributed by atoms with Crippen molar-refractivity contribution in [1.82, 2.24) is 10.2 Å². The number of carbonyl (C=O) groups is 2. The van der Waals surface area contributed by atoms with Gasteiger partial charge < -0.3 is 10.1 Å². The van der Waals surface area contributed by atoms with Gasteiger partial charge in [-0.1, -0.05) is 12.1 Å². The molecule has 0 bridgehead atoms. The Hall–Kier alpha value is -1.90. The first-order valence-electron chi connectivity index (χ1n) is 6.86. The average Bonchev–Trinajstić information content (AvgIpc) is 3.01. The van der Waals surface area contributed by atoms with Crippen LogP contribution in [0.1, 0.15) is 12.0 Å². The van der Waals surface area contributed by atoms with Crippen molar-refractivity contribution in [3.8, 4) is 5.75 Å². The molecule has 2 saturated heterocycles. The van der Waals surface area contributed by atoms with E-state index >= 15 is 0 Å². The van der Waals surface area contributed by atoms with Gasteiger partial charge in [-0.2, -0.15) is 11.8 Å². The molecule has 9 heteroatoms. The summed E-state index contributed by atoms with van der Waals surface area (Å²) in [4.78, 5) is 25.6. The molecular formula is C14H13F3N2O3S. The van der Waals surface area contributed by atoms with E-state index in [9.17, 15) is 22.8 Å². The van der Waals surface area contributed by atoms with E-state index in [1.807, 2.05) is 0 Å². The van der Waals surface area contributed by atoms with Crippen LogP contribution in [0.2, 0.25) is 0 Å². The van der Waals surface area contributed by atoms with Crippen LogP contribution in [-0.4, -0.2) is 40.2 Å². The van der Waals surface area contributed by atoms with E-state index in [1.54, 1.807) is 11.8 Å². The van der Waals surface area contributed by atoms with E-state index in [4.69, 9.17) is 0 Å². The molecule has 1 N–H and O–H groups in total. The fraction of sp³-hybridized carbons (Fsp3) is 0.429. The number of amides is 3. The average molecular weight is 346 g/mol. The molecule has 1 unspecified atom stereocenters. The molecule has 1 aromatic carbocycles.